The van der Waals surface area contributed by atoms with Gasteiger partial charge in [0.1, 0.15) is 0 Å². The largest absolute Gasteiger partial charge is 0.486 e. The molecular weight excluding hydrogens is 679 g/mol. The molecule has 0 saturated heterocycles. The van der Waals surface area contributed by atoms with E-state index in [0.717, 1.165) is 43.4 Å². The van der Waals surface area contributed by atoms with Gasteiger partial charge in [-0.15, -0.1) is 53.6 Å². The first-order chi connectivity index (χ1) is 19.7. The van der Waals surface area contributed by atoms with Crippen LogP contribution >= 0.6 is 11.3 Å². The maximum atomic E-state index is 7.55. The Labute approximate surface area is 249 Å². The number of thiophene rings is 1. The molecular formula is C33H25IrN3OS-2. The van der Waals surface area contributed by atoms with Gasteiger partial charge in [-0.05, 0) is 67.0 Å². The zero-order chi connectivity index (χ0) is 28.7. The van der Waals surface area contributed by atoms with Crippen LogP contribution in [0.4, 0.5) is 0 Å². The van der Waals surface area contributed by atoms with Crippen LogP contribution in [0.3, 0.4) is 0 Å². The van der Waals surface area contributed by atoms with Gasteiger partial charge in [0.25, 0.3) is 0 Å². The van der Waals surface area contributed by atoms with Crippen molar-refractivity contribution in [1.82, 2.24) is 15.0 Å². The van der Waals surface area contributed by atoms with E-state index in [9.17, 15) is 0 Å². The molecule has 0 aliphatic heterocycles. The van der Waals surface area contributed by atoms with E-state index >= 15 is 0 Å². The van der Waals surface area contributed by atoms with Crippen LogP contribution in [0.15, 0.2) is 82.9 Å². The second-order valence-electron chi connectivity index (χ2n) is 9.18. The van der Waals surface area contributed by atoms with E-state index in [1.807, 2.05) is 41.9 Å². The molecule has 0 aliphatic carbocycles. The Morgan fingerprint density at radius 2 is 1.82 bits per heavy atom. The van der Waals surface area contributed by atoms with Crippen molar-refractivity contribution in [3.05, 3.63) is 113 Å². The van der Waals surface area contributed by atoms with Gasteiger partial charge in [0.2, 0.25) is 5.71 Å². The van der Waals surface area contributed by atoms with Crippen molar-refractivity contribution in [1.29, 1.82) is 0 Å². The maximum absolute atomic E-state index is 7.55. The molecule has 0 unspecified atom stereocenters. The molecule has 0 atom stereocenters. The average Bonchev–Trinajstić information content (AvgIpc) is 3.59. The topological polar surface area (TPSA) is 51.8 Å². The summed E-state index contributed by atoms with van der Waals surface area (Å²) < 4.78 is 29.7. The molecule has 4 nitrogen and oxygen atoms in total. The van der Waals surface area contributed by atoms with Crippen LogP contribution in [-0.2, 0) is 20.1 Å². The first-order valence-electron chi connectivity index (χ1n) is 13.7. The number of hydrogen-bond donors (Lipinski definition) is 0. The summed E-state index contributed by atoms with van der Waals surface area (Å²) in [6, 6.07) is 25.7. The first-order valence-corrected chi connectivity index (χ1v) is 13.1. The molecule has 39 heavy (non-hydrogen) atoms. The van der Waals surface area contributed by atoms with Crippen LogP contribution in [0.1, 0.15) is 26.5 Å². The number of benzene rings is 2. The van der Waals surface area contributed by atoms with Crippen LogP contribution in [0.5, 0.6) is 0 Å². The second-order valence-corrected chi connectivity index (χ2v) is 10.1. The summed E-state index contributed by atoms with van der Waals surface area (Å²) in [7, 11) is 0. The van der Waals surface area contributed by atoms with Gasteiger partial charge in [0.05, 0.1) is 5.58 Å². The maximum Gasteiger partial charge on any atom is 0.216 e. The fourth-order valence-electron chi connectivity index (χ4n) is 4.30. The molecule has 7 rings (SSSR count). The predicted molar refractivity (Wildman–Crippen MR) is 156 cm³/mol. The number of fused-ring (bicyclic) bond motifs is 4. The molecule has 2 aromatic carbocycles. The van der Waals surface area contributed by atoms with Gasteiger partial charge < -0.3 is 14.4 Å². The molecule has 0 aliphatic rings. The normalized spacial score (nSPS) is 12.3. The minimum Gasteiger partial charge on any atom is -0.486 e. The Morgan fingerprint density at radius 1 is 0.923 bits per heavy atom. The second kappa shape index (κ2) is 11.2. The van der Waals surface area contributed by atoms with Gasteiger partial charge in [-0.2, -0.15) is 11.3 Å². The van der Waals surface area contributed by atoms with Crippen LogP contribution in [-0.4, -0.2) is 15.0 Å². The zero-order valence-corrected chi connectivity index (χ0v) is 24.7. The van der Waals surface area contributed by atoms with E-state index in [1.54, 1.807) is 23.6 Å². The van der Waals surface area contributed by atoms with Gasteiger partial charge in [-0.3, -0.25) is 0 Å². The van der Waals surface area contributed by atoms with E-state index < -0.39 is 6.85 Å². The average molecular weight is 707 g/mol. The summed E-state index contributed by atoms with van der Waals surface area (Å²) in [5.41, 5.74) is 8.29. The number of nitrogens with zero attached hydrogens (tertiary/aromatic N) is 3. The molecule has 7 aromatic rings. The molecule has 5 aromatic heterocycles. The van der Waals surface area contributed by atoms with Crippen LogP contribution in [0.25, 0.3) is 54.7 Å². The van der Waals surface area contributed by atoms with Crippen molar-refractivity contribution in [2.75, 3.05) is 0 Å². The third kappa shape index (κ3) is 5.28. The van der Waals surface area contributed by atoms with Crippen molar-refractivity contribution in [3.63, 3.8) is 0 Å². The molecule has 1 radical (unpaired) electrons. The number of pyridine rings is 3. The van der Waals surface area contributed by atoms with Crippen molar-refractivity contribution < 1.29 is 28.6 Å². The molecule has 6 heteroatoms. The summed E-state index contributed by atoms with van der Waals surface area (Å²) >= 11 is 1.62. The van der Waals surface area contributed by atoms with Gasteiger partial charge >= 0.3 is 0 Å². The quantitative estimate of drug-likeness (QED) is 0.169. The fourth-order valence-corrected chi connectivity index (χ4v) is 5.19. The molecule has 0 spiro atoms. The molecule has 195 valence electrons. The Bertz CT molecular complexity index is 2030. The van der Waals surface area contributed by atoms with Crippen LogP contribution in [0.2, 0.25) is 0 Å². The van der Waals surface area contributed by atoms with Crippen molar-refractivity contribution in [2.24, 2.45) is 0 Å². The van der Waals surface area contributed by atoms with E-state index in [0.29, 0.717) is 11.3 Å². The monoisotopic (exact) mass is 707 g/mol. The molecule has 0 amide bonds. The number of hydrogen-bond acceptors (Lipinski definition) is 5. The fraction of sp³-hybridized carbons (Fsp3) is 0.121. The molecule has 0 fully saturated rings. The molecule has 0 bridgehead atoms. The van der Waals surface area contributed by atoms with E-state index in [2.05, 4.69) is 66.1 Å². The van der Waals surface area contributed by atoms with Crippen LogP contribution in [0, 0.1) is 39.8 Å². The molecule has 0 saturated carbocycles. The summed E-state index contributed by atoms with van der Waals surface area (Å²) in [6.07, 6.45) is 3.68. The Kier molecular flexibility index (Phi) is 6.66. The van der Waals surface area contributed by atoms with Crippen molar-refractivity contribution >= 4 is 43.5 Å². The number of furan rings is 1. The third-order valence-corrected chi connectivity index (χ3v) is 7.46. The summed E-state index contributed by atoms with van der Waals surface area (Å²) in [5.74, 6) is 0. The minimum atomic E-state index is -2.27. The number of rotatable bonds is 2. The predicted octanol–water partition coefficient (Wildman–Crippen LogP) is 8.84. The summed E-state index contributed by atoms with van der Waals surface area (Å²) in [4.78, 5) is 13.2. The Morgan fingerprint density at radius 3 is 2.62 bits per heavy atom. The zero-order valence-electron chi connectivity index (χ0n) is 24.5. The van der Waals surface area contributed by atoms with E-state index in [4.69, 9.17) is 8.53 Å². The standard InChI is InChI=1S/C19H11N2OS.C14H14N.Ir/c1-11-5-6-14-13-3-2-4-15(17(13)22-19(14)21-11)16-18-12(7-9-20-16)8-10-23-18;1-10-4-6-13(7-5-10)14-8-11(2)12(3)9-15-14;/h2-3,5-10H,1H3;4-6,8-9H,1-3H3;/q2*-1;/i1D3;;. The SMILES string of the molecule is Cc1c[c-]c(-c2cc(C)c(C)cn2)cc1.[2H]C([2H])([2H])c1ccc2c(n1)oc1c(-c3nccc4ccsc34)[c-]ccc12.[Ir]. The Balaban J connectivity index is 0.000000189. The summed E-state index contributed by atoms with van der Waals surface area (Å²) in [6.45, 7) is 3.97. The Hall–Kier alpha value is -3.70. The molecule has 5 heterocycles. The van der Waals surface area contributed by atoms with Crippen molar-refractivity contribution in [3.8, 4) is 22.5 Å². The van der Waals surface area contributed by atoms with E-state index in [-0.39, 0.29) is 25.8 Å². The van der Waals surface area contributed by atoms with Gasteiger partial charge in [-0.25, -0.2) is 4.98 Å². The number of aromatic nitrogens is 3. The van der Waals surface area contributed by atoms with E-state index in [1.165, 1.54) is 22.8 Å². The van der Waals surface area contributed by atoms with Crippen LogP contribution < -0.4 is 0 Å². The summed E-state index contributed by atoms with van der Waals surface area (Å²) in [5, 5.41) is 4.79. The van der Waals surface area contributed by atoms with Gasteiger partial charge in [-0.1, -0.05) is 29.5 Å². The van der Waals surface area contributed by atoms with Gasteiger partial charge in [0, 0.05) is 58.1 Å². The van der Waals surface area contributed by atoms with Gasteiger partial charge in [0.15, 0.2) is 0 Å². The smallest absolute Gasteiger partial charge is 0.216 e. The first kappa shape index (κ1) is 23.2. The minimum absolute atomic E-state index is 0. The van der Waals surface area contributed by atoms with Crippen molar-refractivity contribution in [2.45, 2.75) is 27.6 Å². The number of aryl methyl sites for hydroxylation is 4. The third-order valence-electron chi connectivity index (χ3n) is 6.52. The molecule has 0 N–H and O–H groups in total.